The third kappa shape index (κ3) is 11.0. The number of anilines is 3. The first kappa shape index (κ1) is 55.6. The van der Waals surface area contributed by atoms with Crippen LogP contribution in [0.25, 0.3) is 33.5 Å². The minimum atomic E-state index is -6.19. The summed E-state index contributed by atoms with van der Waals surface area (Å²) >= 11 is 0. The second-order valence-corrected chi connectivity index (χ2v) is 22.7. The number of fused-ring (bicyclic) bond motifs is 3. The highest BCUT2D eigenvalue weighted by Gasteiger charge is 2.54. The Morgan fingerprint density at radius 2 is 1.22 bits per heavy atom. The molecule has 15 N–H and O–H groups in total. The average Bonchev–Trinajstić information content (AvgIpc) is 4.21. The monoisotopic (exact) mass is 1160 g/mol. The highest BCUT2D eigenvalue weighted by Crippen LogP contribution is 2.68. The highest BCUT2D eigenvalue weighted by atomic mass is 31.3. The molecule has 0 spiro atoms. The van der Waals surface area contributed by atoms with Gasteiger partial charge in [-0.3, -0.25) is 51.4 Å². The summed E-state index contributed by atoms with van der Waals surface area (Å²) in [5.74, 6) is -0.661. The Morgan fingerprint density at radius 3 is 1.88 bits per heavy atom. The lowest BCUT2D eigenvalue weighted by atomic mass is 10.1. The van der Waals surface area contributed by atoms with Crippen LogP contribution in [0.3, 0.4) is 0 Å². The van der Waals surface area contributed by atoms with Crippen molar-refractivity contribution in [2.45, 2.75) is 73.6 Å². The number of nitrogens with two attached hydrogens (primary N) is 3. The van der Waals surface area contributed by atoms with Crippen LogP contribution in [0.15, 0.2) is 34.9 Å². The van der Waals surface area contributed by atoms with E-state index in [0.29, 0.717) is 0 Å². The zero-order chi connectivity index (χ0) is 55.0. The summed E-state index contributed by atoms with van der Waals surface area (Å²) in [6.45, 7) is -3.30. The van der Waals surface area contributed by atoms with Gasteiger partial charge in [-0.1, -0.05) is 4.98 Å². The Labute approximate surface area is 421 Å². The number of nitrogens with one attached hydrogen (secondary N) is 2. The predicted octanol–water partition coefficient (Wildman–Crippen LogP) is -4.06. The quantitative estimate of drug-likeness (QED) is 0.0256. The van der Waals surface area contributed by atoms with Crippen LogP contribution in [0.2, 0.25) is 0 Å². The van der Waals surface area contributed by atoms with Crippen molar-refractivity contribution in [2.75, 3.05) is 51.2 Å². The molecule has 3 aliphatic rings. The van der Waals surface area contributed by atoms with Gasteiger partial charge in [-0.25, -0.2) is 42.8 Å². The molecule has 3 aliphatic heterocycles. The maximum absolute atomic E-state index is 13.7. The topological polar surface area (TPSA) is 551 Å². The maximum Gasteiger partial charge on any atom is 0.490 e. The first-order valence-electron chi connectivity index (χ1n) is 21.5. The second kappa shape index (κ2) is 20.9. The van der Waals surface area contributed by atoms with Crippen LogP contribution in [0.5, 0.6) is 0 Å². The maximum atomic E-state index is 13.7. The normalized spacial score (nSPS) is 30.2. The number of H-pyrrole nitrogens is 2. The molecule has 16 atom stereocenters. The number of aliphatic hydroxyl groups is 3. The van der Waals surface area contributed by atoms with E-state index in [9.17, 15) is 62.7 Å². The van der Waals surface area contributed by atoms with Crippen molar-refractivity contribution in [3.8, 4) is 0 Å². The Hall–Kier alpha value is -5.15. The molecule has 0 aliphatic carbocycles. The molecule has 3 fully saturated rings. The van der Waals surface area contributed by atoms with Gasteiger partial charge in [0.05, 0.1) is 39.5 Å². The van der Waals surface area contributed by atoms with Crippen LogP contribution < -0.4 is 32.9 Å². The summed E-state index contributed by atoms with van der Waals surface area (Å²) in [6.07, 6.45) is -14.5. The molecule has 0 amide bonds. The molecule has 0 radical (unpaired) electrons. The third-order valence-electron chi connectivity index (χ3n) is 11.8. The van der Waals surface area contributed by atoms with Gasteiger partial charge in [-0.15, -0.1) is 0 Å². The SMILES string of the molecule is COC1[C@@H](OP(=O)(O)OC[C@H]2O[C@@H](n3cnc4c(=O)[nH]c(N)nc43)C(O)[C@H]2O)[C@@H](COP(=O)(O)OP(=O)(O)OP(=O)(O)OC[C@H]2O[C@@H]([n+]3cn(C)c4c(=O)[nH]c(N)nc43)C(OC)[C@H]2O)O[C@H]1n1cnc2c(N)ncnc21. The molecule has 0 saturated carbocycles. The summed E-state index contributed by atoms with van der Waals surface area (Å²) in [4.78, 5) is 96.1. The first-order valence-corrected chi connectivity index (χ1v) is 27.5. The van der Waals surface area contributed by atoms with E-state index < -0.39 is 136 Å². The number of aryl methyl sites for hydroxylation is 1. The number of hydrogen-bond donors (Lipinski definition) is 12. The minimum absolute atomic E-state index is 0.0115. The van der Waals surface area contributed by atoms with Crippen molar-refractivity contribution in [3.05, 3.63) is 46.0 Å². The van der Waals surface area contributed by atoms with Crippen molar-refractivity contribution in [1.29, 1.82) is 0 Å². The van der Waals surface area contributed by atoms with Gasteiger partial charge in [0.2, 0.25) is 17.7 Å². The number of aliphatic hydroxyl groups excluding tert-OH is 3. The number of nitrogen functional groups attached to an aromatic ring is 3. The Kier molecular flexibility index (Phi) is 15.3. The lowest BCUT2D eigenvalue weighted by molar-refractivity contribution is -0.746. The minimum Gasteiger partial charge on any atom is -0.387 e. The molecule has 6 aromatic heterocycles. The molecule has 3 saturated heterocycles. The summed E-state index contributed by atoms with van der Waals surface area (Å²) in [7, 11) is -19.6. The fourth-order valence-electron chi connectivity index (χ4n) is 8.53. The van der Waals surface area contributed by atoms with Crippen LogP contribution in [0.1, 0.15) is 18.7 Å². The fourth-order valence-corrected chi connectivity index (χ4v) is 13.0. The zero-order valence-electron chi connectivity index (χ0n) is 38.9. The van der Waals surface area contributed by atoms with Crippen molar-refractivity contribution in [1.82, 2.24) is 53.6 Å². The van der Waals surface area contributed by atoms with Crippen LogP contribution >= 0.6 is 31.3 Å². The Bertz CT molecular complexity index is 3490. The number of rotatable bonds is 20. The van der Waals surface area contributed by atoms with E-state index in [1.54, 1.807) is 0 Å². The van der Waals surface area contributed by atoms with Crippen LogP contribution in [0.4, 0.5) is 17.7 Å². The first-order chi connectivity index (χ1) is 35.7. The van der Waals surface area contributed by atoms with Gasteiger partial charge >= 0.3 is 36.9 Å². The van der Waals surface area contributed by atoms with E-state index in [4.69, 9.17) is 59.0 Å². The number of hydrogen-bond acceptors (Lipinski definition) is 29. The molecule has 0 bridgehead atoms. The lowest BCUT2D eigenvalue weighted by Gasteiger charge is -2.26. The van der Waals surface area contributed by atoms with Crippen LogP contribution in [-0.4, -0.2) is 177 Å². The third-order valence-corrected chi connectivity index (χ3v) is 17.0. The summed E-state index contributed by atoms with van der Waals surface area (Å²) in [6, 6.07) is 0. The van der Waals surface area contributed by atoms with Gasteiger partial charge in [0.25, 0.3) is 17.1 Å². The van der Waals surface area contributed by atoms with Crippen molar-refractivity contribution >= 4 is 82.5 Å². The number of methoxy groups -OCH3 is 2. The second-order valence-electron chi connectivity index (χ2n) is 16.7. The molecule has 9 rings (SSSR count). The van der Waals surface area contributed by atoms with Crippen LogP contribution in [-0.2, 0) is 75.7 Å². The number of aromatic nitrogens is 12. The molecule has 0 aromatic carbocycles. The molecular weight excluding hydrogens is 1110 g/mol. The molecular formula is C33H46N15O24P4+. The van der Waals surface area contributed by atoms with Gasteiger partial charge in [0.1, 0.15) is 66.8 Å². The van der Waals surface area contributed by atoms with E-state index in [-0.39, 0.29) is 51.2 Å². The van der Waals surface area contributed by atoms with Crippen LogP contribution in [0, 0.1) is 0 Å². The van der Waals surface area contributed by atoms with Crippen molar-refractivity contribution in [3.63, 3.8) is 0 Å². The zero-order valence-corrected chi connectivity index (χ0v) is 42.5. The highest BCUT2D eigenvalue weighted by molar-refractivity contribution is 7.66. The van der Waals surface area contributed by atoms with Gasteiger partial charge in [-0.2, -0.15) is 13.6 Å². The summed E-state index contributed by atoms with van der Waals surface area (Å²) < 4.78 is 115. The summed E-state index contributed by atoms with van der Waals surface area (Å²) in [5.41, 5.74) is 15.7. The molecule has 76 heavy (non-hydrogen) atoms. The molecule has 6 aromatic rings. The van der Waals surface area contributed by atoms with Gasteiger partial charge in [0.15, 0.2) is 41.4 Å². The van der Waals surface area contributed by atoms with E-state index in [1.165, 1.54) is 34.2 Å². The predicted molar refractivity (Wildman–Crippen MR) is 244 cm³/mol. The van der Waals surface area contributed by atoms with E-state index in [0.717, 1.165) is 30.7 Å². The number of nitrogens with zero attached hydrogens (tertiary/aromatic N) is 10. The van der Waals surface area contributed by atoms with Crippen molar-refractivity contribution in [2.24, 2.45) is 7.05 Å². The summed E-state index contributed by atoms with van der Waals surface area (Å²) in [5, 5.41) is 32.7. The smallest absolute Gasteiger partial charge is 0.387 e. The molecule has 39 nitrogen and oxygen atoms in total. The molecule has 7 unspecified atom stereocenters. The van der Waals surface area contributed by atoms with E-state index >= 15 is 0 Å². The van der Waals surface area contributed by atoms with E-state index in [1.807, 2.05) is 0 Å². The van der Waals surface area contributed by atoms with Gasteiger partial charge in [-0.05, 0) is 0 Å². The van der Waals surface area contributed by atoms with Gasteiger partial charge < -0.3 is 75.8 Å². The fraction of sp³-hybridized carbons (Fsp3) is 0.545. The Morgan fingerprint density at radius 1 is 0.658 bits per heavy atom. The number of phosphoric ester groups is 3. The number of imidazole rings is 3. The number of ether oxygens (including phenoxy) is 5. The molecule has 9 heterocycles. The van der Waals surface area contributed by atoms with Gasteiger partial charge in [0, 0.05) is 14.2 Å². The number of aromatic amines is 2. The lowest BCUT2D eigenvalue weighted by Crippen LogP contribution is -2.47. The van der Waals surface area contributed by atoms with E-state index in [2.05, 4.69) is 48.5 Å². The number of phosphoric acid groups is 4. The Balaban J connectivity index is 0.865. The molecule has 416 valence electrons. The largest absolute Gasteiger partial charge is 0.490 e. The molecule has 43 heteroatoms. The standard InChI is InChI=1S/C33H45N15O24P4/c1-45-10-48(26-16(45)28(53)44-33(36)42-26)30-21(62-2)18(50)12(68-30)5-65-74(56,57)71-76(60,61)72-75(58,59)66-6-13-20(22(63-3)31(69-13)46-8-39-14-23(34)37-7-38-24(14)46)70-73(54,55)64-4-11-17(49)19(51)29(67-11)47-9-40-15-25(47)41-32(35)43-27(15)52/h7-13,17-22,29-31,49-51H,4-6H2,1-3H3,(H11-,34,35,36,37,38,41,42,43,44,52,53,54,55,56,57,58,59,60,61)/p+1/t11-,12-,13-,17+,18+,19?,20+,21?,22?,29-,30-,31-/m1/s1. The average molecular weight is 1160 g/mol. The van der Waals surface area contributed by atoms with Crippen molar-refractivity contribution < 1.29 is 108 Å².